The summed E-state index contributed by atoms with van der Waals surface area (Å²) in [6.07, 6.45) is 0. The Labute approximate surface area is 60.0 Å². The number of H-pyrrole nitrogens is 1. The van der Waals surface area contributed by atoms with Crippen molar-refractivity contribution in [2.75, 3.05) is 0 Å². The van der Waals surface area contributed by atoms with Crippen LogP contribution in [0, 0.1) is 0 Å². The normalized spacial score (nSPS) is 8.64. The second kappa shape index (κ2) is 5.49. The van der Waals surface area contributed by atoms with Crippen LogP contribution < -0.4 is 11.3 Å². The van der Waals surface area contributed by atoms with Gasteiger partial charge in [0, 0.05) is 7.05 Å². The topological polar surface area (TPSA) is 125 Å². The maximum absolute atomic E-state index is 10.2. The smallest absolute Gasteiger partial charge is 0.290 e. The summed E-state index contributed by atoms with van der Waals surface area (Å²) in [5, 5.41) is 22.8. The summed E-state index contributed by atoms with van der Waals surface area (Å²) in [6.45, 7) is 0. The summed E-state index contributed by atoms with van der Waals surface area (Å²) in [7, 11) is 1.52. The summed E-state index contributed by atoms with van der Waals surface area (Å²) >= 11 is 0. The van der Waals surface area contributed by atoms with Crippen LogP contribution in [0.4, 0.5) is 0 Å². The first-order chi connectivity index (χ1) is 5.22. The van der Waals surface area contributed by atoms with E-state index in [0.717, 1.165) is 10.3 Å². The number of hydrogen-bond acceptors (Lipinski definition) is 7. The van der Waals surface area contributed by atoms with Gasteiger partial charge in [-0.3, -0.25) is 5.21 Å². The molecule has 0 saturated heterocycles. The van der Waals surface area contributed by atoms with Gasteiger partial charge in [-0.05, 0) is 16.1 Å². The summed E-state index contributed by atoms with van der Waals surface area (Å²) in [6, 6.07) is 0. The first-order valence-corrected chi connectivity index (χ1v) is 2.36. The summed E-state index contributed by atoms with van der Waals surface area (Å²) in [5.41, 5.74) is 0.694. The molecule has 1 aromatic rings. The van der Waals surface area contributed by atoms with Crippen LogP contribution in [0.1, 0.15) is 0 Å². The molecule has 1 rings (SSSR count). The zero-order chi connectivity index (χ0) is 8.69. The Balaban J connectivity index is 0.000000218. The van der Waals surface area contributed by atoms with E-state index in [1.807, 2.05) is 0 Å². The van der Waals surface area contributed by atoms with E-state index >= 15 is 0 Å². The van der Waals surface area contributed by atoms with E-state index in [0.29, 0.717) is 0 Å². The van der Waals surface area contributed by atoms with Crippen molar-refractivity contribution in [2.45, 2.75) is 0 Å². The Kier molecular flexibility index (Phi) is 4.85. The molecule has 9 heteroatoms. The Morgan fingerprint density at radius 2 is 2.36 bits per heavy atom. The molecule has 0 aromatic carbocycles. The van der Waals surface area contributed by atoms with Crippen LogP contribution in [0.25, 0.3) is 0 Å². The first kappa shape index (κ1) is 9.71. The van der Waals surface area contributed by atoms with Crippen molar-refractivity contribution in [1.82, 2.24) is 25.9 Å². The Morgan fingerprint density at radius 3 is 2.45 bits per heavy atom. The molecule has 1 aromatic heterocycles. The highest BCUT2D eigenvalue weighted by Crippen LogP contribution is 1.46. The molecule has 0 radical (unpaired) electrons. The third kappa shape index (κ3) is 4.16. The molecule has 0 fully saturated rings. The third-order valence-corrected chi connectivity index (χ3v) is 0.659. The van der Waals surface area contributed by atoms with Crippen LogP contribution in [0.15, 0.2) is 4.79 Å². The molecular weight excluding hydrogens is 158 g/mol. The highest BCUT2D eigenvalue weighted by Gasteiger charge is 1.84. The van der Waals surface area contributed by atoms with Gasteiger partial charge in [-0.2, -0.15) is 4.68 Å². The predicted molar refractivity (Wildman–Crippen MR) is 30.3 cm³/mol. The van der Waals surface area contributed by atoms with Crippen molar-refractivity contribution in [3.8, 4) is 0 Å². The lowest BCUT2D eigenvalue weighted by molar-refractivity contribution is -0.356. The zero-order valence-corrected chi connectivity index (χ0v) is 5.55. The molecule has 0 unspecified atom stereocenters. The van der Waals surface area contributed by atoms with E-state index in [9.17, 15) is 4.79 Å². The Hall–Kier alpha value is -1.29. The third-order valence-electron chi connectivity index (χ3n) is 0.659. The first-order valence-electron chi connectivity index (χ1n) is 2.36. The summed E-state index contributed by atoms with van der Waals surface area (Å²) in [5.74, 6) is 0. The van der Waals surface area contributed by atoms with Crippen molar-refractivity contribution in [2.24, 2.45) is 7.05 Å². The number of aryl methyl sites for hydroxylation is 1. The highest BCUT2D eigenvalue weighted by atomic mass is 17.2. The molecule has 0 bridgehead atoms. The highest BCUT2D eigenvalue weighted by molar-refractivity contribution is 4.43. The number of nitrogens with one attached hydrogen (secondary N) is 2. The average molecular weight is 165 g/mol. The van der Waals surface area contributed by atoms with Gasteiger partial charge in [0.25, 0.3) is 0 Å². The minimum atomic E-state index is -0.292. The number of aromatic nitrogens is 4. The van der Waals surface area contributed by atoms with Gasteiger partial charge in [0.05, 0.1) is 0 Å². The molecule has 0 amide bonds. The van der Waals surface area contributed by atoms with E-state index in [4.69, 9.17) is 10.5 Å². The second-order valence-corrected chi connectivity index (χ2v) is 1.31. The van der Waals surface area contributed by atoms with Gasteiger partial charge in [-0.25, -0.2) is 15.2 Å². The van der Waals surface area contributed by atoms with E-state index in [1.54, 1.807) is 0 Å². The van der Waals surface area contributed by atoms with E-state index < -0.39 is 0 Å². The van der Waals surface area contributed by atoms with Gasteiger partial charge in [0.2, 0.25) is 0 Å². The lowest BCUT2D eigenvalue weighted by Gasteiger charge is -1.75. The van der Waals surface area contributed by atoms with Crippen LogP contribution in [-0.4, -0.2) is 30.7 Å². The van der Waals surface area contributed by atoms with Gasteiger partial charge < -0.3 is 0 Å². The van der Waals surface area contributed by atoms with Crippen molar-refractivity contribution >= 4 is 0 Å². The minimum Gasteiger partial charge on any atom is -0.290 e. The van der Waals surface area contributed by atoms with E-state index in [-0.39, 0.29) is 5.69 Å². The maximum Gasteiger partial charge on any atom is 0.360 e. The number of hydrogen-bond donors (Lipinski definition) is 4. The zero-order valence-electron chi connectivity index (χ0n) is 5.55. The molecule has 9 nitrogen and oxygen atoms in total. The van der Waals surface area contributed by atoms with Gasteiger partial charge in [-0.1, -0.05) is 0 Å². The fourth-order valence-electron chi connectivity index (χ4n) is 0.245. The van der Waals surface area contributed by atoms with Gasteiger partial charge in [-0.15, -0.1) is 4.99 Å². The molecule has 4 N–H and O–H groups in total. The lowest BCUT2D eigenvalue weighted by Crippen LogP contribution is -2.13. The number of tetrazole rings is 1. The van der Waals surface area contributed by atoms with Crippen LogP contribution in [0.3, 0.4) is 0 Å². The van der Waals surface area contributed by atoms with E-state index in [1.165, 1.54) is 7.05 Å². The lowest BCUT2D eigenvalue weighted by atomic mass is 11.2. The van der Waals surface area contributed by atoms with Crippen molar-refractivity contribution in [1.29, 1.82) is 0 Å². The molecule has 0 spiro atoms. The summed E-state index contributed by atoms with van der Waals surface area (Å²) < 4.78 is 1.11. The van der Waals surface area contributed by atoms with Gasteiger partial charge in [0.15, 0.2) is 0 Å². The van der Waals surface area contributed by atoms with Gasteiger partial charge >= 0.3 is 5.69 Å². The molecular formula is C2H7N5O4. The molecule has 1 heterocycles. The average Bonchev–Trinajstić information content (AvgIpc) is 2.37. The SMILES string of the molecule is Cn1nn[nH]c1=O.ONOO. The molecule has 64 valence electrons. The van der Waals surface area contributed by atoms with Crippen molar-refractivity contribution in [3.63, 3.8) is 0 Å². The fraction of sp³-hybridized carbons (Fsp3) is 0.500. The quantitative estimate of drug-likeness (QED) is 0.276. The van der Waals surface area contributed by atoms with E-state index in [2.05, 4.69) is 20.5 Å². The van der Waals surface area contributed by atoms with Gasteiger partial charge in [0.1, 0.15) is 0 Å². The van der Waals surface area contributed by atoms with Crippen molar-refractivity contribution in [3.05, 3.63) is 10.5 Å². The number of nitrogens with zero attached hydrogens (tertiary/aromatic N) is 3. The fourth-order valence-corrected chi connectivity index (χ4v) is 0.245. The van der Waals surface area contributed by atoms with Crippen LogP contribution in [0.5, 0.6) is 0 Å². The minimum absolute atomic E-state index is 0.292. The summed E-state index contributed by atoms with van der Waals surface area (Å²) in [4.78, 5) is 13.0. The molecule has 0 aliphatic rings. The monoisotopic (exact) mass is 165 g/mol. The van der Waals surface area contributed by atoms with Crippen molar-refractivity contribution < 1.29 is 15.5 Å². The predicted octanol–water partition coefficient (Wildman–Crippen LogP) is -2.13. The number of aromatic amines is 1. The Bertz CT molecular complexity index is 226. The second-order valence-electron chi connectivity index (χ2n) is 1.31. The maximum atomic E-state index is 10.2. The van der Waals surface area contributed by atoms with Crippen LogP contribution in [0.2, 0.25) is 0 Å². The molecule has 0 saturated carbocycles. The molecule has 0 atom stereocenters. The van der Waals surface area contributed by atoms with Crippen LogP contribution in [-0.2, 0) is 12.0 Å². The Morgan fingerprint density at radius 1 is 1.82 bits per heavy atom. The molecule has 0 aliphatic carbocycles. The molecule has 0 aliphatic heterocycles. The standard InChI is InChI=1S/C2H4N4O.H3NO3/c1-6-2(7)3-4-5-6;2-1-4-3/h1H3,(H,3,5,7);1-3H. The van der Waals surface area contributed by atoms with Crippen LogP contribution >= 0.6 is 0 Å². The largest absolute Gasteiger partial charge is 0.360 e. The molecule has 11 heavy (non-hydrogen) atoms. The number of rotatable bonds is 1.